The first-order chi connectivity index (χ1) is 8.42. The van der Waals surface area contributed by atoms with E-state index in [2.05, 4.69) is 9.47 Å². The average molecular weight is 269 g/mol. The minimum absolute atomic E-state index is 0.0163. The van der Waals surface area contributed by atoms with E-state index >= 15 is 0 Å². The van der Waals surface area contributed by atoms with Crippen molar-refractivity contribution in [2.45, 2.75) is 38.1 Å². The molecule has 1 saturated carbocycles. The molecule has 1 rings (SSSR count). The van der Waals surface area contributed by atoms with E-state index in [-0.39, 0.29) is 19.1 Å². The Bertz CT molecular complexity index is 265. The third-order valence-corrected chi connectivity index (χ3v) is 3.05. The normalized spacial score (nSPS) is 17.4. The van der Waals surface area contributed by atoms with E-state index in [1.165, 1.54) is 7.11 Å². The number of carbonyl (C=O) groups is 1. The fraction of sp³-hybridized carbons (Fsp3) is 0.909. The quantitative estimate of drug-likeness (QED) is 0.691. The van der Waals surface area contributed by atoms with Gasteiger partial charge in [0.05, 0.1) is 20.3 Å². The number of halogens is 3. The van der Waals surface area contributed by atoms with Gasteiger partial charge < -0.3 is 4.74 Å². The topological polar surface area (TPSA) is 38.8 Å². The van der Waals surface area contributed by atoms with Gasteiger partial charge in [0, 0.05) is 12.6 Å². The zero-order valence-corrected chi connectivity index (χ0v) is 10.3. The van der Waals surface area contributed by atoms with Crippen molar-refractivity contribution >= 4 is 5.97 Å². The van der Waals surface area contributed by atoms with Gasteiger partial charge in [0.1, 0.15) is 0 Å². The van der Waals surface area contributed by atoms with Gasteiger partial charge in [-0.2, -0.15) is 0 Å². The number of alkyl halides is 3. The Hall–Kier alpha value is -0.820. The Morgan fingerprint density at radius 2 is 1.94 bits per heavy atom. The number of ether oxygens (including phenoxy) is 2. The summed E-state index contributed by atoms with van der Waals surface area (Å²) in [5.41, 5.74) is 0. The molecule has 0 heterocycles. The molecule has 1 fully saturated rings. The standard InChI is InChI=1S/C11H18F3NO3/c1-17-10(16)8-15(9-4-2-3-5-9)6-7-18-11(12,13)14/h9H,2-8H2,1H3. The lowest BCUT2D eigenvalue weighted by Crippen LogP contribution is -2.40. The van der Waals surface area contributed by atoms with Gasteiger partial charge in [-0.15, -0.1) is 13.2 Å². The number of hydrogen-bond donors (Lipinski definition) is 0. The van der Waals surface area contributed by atoms with E-state index in [0.717, 1.165) is 25.7 Å². The maximum absolute atomic E-state index is 11.9. The highest BCUT2D eigenvalue weighted by molar-refractivity contribution is 5.71. The lowest BCUT2D eigenvalue weighted by Gasteiger charge is -2.27. The second kappa shape index (κ2) is 6.94. The Labute approximate surface area is 104 Å². The summed E-state index contributed by atoms with van der Waals surface area (Å²) >= 11 is 0. The molecule has 4 nitrogen and oxygen atoms in total. The van der Waals surface area contributed by atoms with Crippen LogP contribution in [0.15, 0.2) is 0 Å². The van der Waals surface area contributed by atoms with Gasteiger partial charge in [-0.3, -0.25) is 14.4 Å². The number of methoxy groups -OCH3 is 1. The number of carbonyl (C=O) groups excluding carboxylic acids is 1. The average Bonchev–Trinajstić information content (AvgIpc) is 2.79. The number of hydrogen-bond acceptors (Lipinski definition) is 4. The molecule has 7 heteroatoms. The van der Waals surface area contributed by atoms with Crippen LogP contribution in [0.4, 0.5) is 13.2 Å². The van der Waals surface area contributed by atoms with Gasteiger partial charge in [-0.25, -0.2) is 0 Å². The molecule has 0 bridgehead atoms. The highest BCUT2D eigenvalue weighted by Crippen LogP contribution is 2.23. The molecule has 0 aromatic heterocycles. The lowest BCUT2D eigenvalue weighted by atomic mass is 10.2. The summed E-state index contributed by atoms with van der Waals surface area (Å²) in [6, 6.07) is 0.154. The van der Waals surface area contributed by atoms with Crippen LogP contribution in [-0.4, -0.2) is 50.1 Å². The summed E-state index contributed by atoms with van der Waals surface area (Å²) in [6.45, 7) is -0.362. The summed E-state index contributed by atoms with van der Waals surface area (Å²) in [6.07, 6.45) is -0.719. The third kappa shape index (κ3) is 5.68. The van der Waals surface area contributed by atoms with Crippen LogP contribution in [0, 0.1) is 0 Å². The van der Waals surface area contributed by atoms with Crippen molar-refractivity contribution in [3.8, 4) is 0 Å². The fourth-order valence-electron chi connectivity index (χ4n) is 2.17. The summed E-state index contributed by atoms with van der Waals surface area (Å²) < 4.78 is 43.9. The van der Waals surface area contributed by atoms with Gasteiger partial charge in [-0.05, 0) is 12.8 Å². The molecule has 0 aromatic carbocycles. The fourth-order valence-corrected chi connectivity index (χ4v) is 2.17. The second-order valence-electron chi connectivity index (χ2n) is 4.28. The van der Waals surface area contributed by atoms with E-state index in [1.807, 2.05) is 0 Å². The lowest BCUT2D eigenvalue weighted by molar-refractivity contribution is -0.325. The SMILES string of the molecule is COC(=O)CN(CCOC(F)(F)F)C1CCCC1. The Morgan fingerprint density at radius 3 is 2.44 bits per heavy atom. The highest BCUT2D eigenvalue weighted by Gasteiger charge is 2.30. The molecule has 0 saturated heterocycles. The summed E-state index contributed by atoms with van der Waals surface area (Å²) in [5, 5.41) is 0. The van der Waals surface area contributed by atoms with Crippen LogP contribution in [0.2, 0.25) is 0 Å². The molecule has 18 heavy (non-hydrogen) atoms. The first-order valence-electron chi connectivity index (χ1n) is 5.94. The highest BCUT2D eigenvalue weighted by atomic mass is 19.4. The Balaban J connectivity index is 2.41. The van der Waals surface area contributed by atoms with Gasteiger partial charge in [-0.1, -0.05) is 12.8 Å². The molecule has 0 amide bonds. The van der Waals surface area contributed by atoms with Crippen LogP contribution in [0.3, 0.4) is 0 Å². The molecule has 0 radical (unpaired) electrons. The first kappa shape index (κ1) is 15.2. The third-order valence-electron chi connectivity index (χ3n) is 3.05. The van der Waals surface area contributed by atoms with E-state index in [0.29, 0.717) is 0 Å². The molecule has 1 aliphatic carbocycles. The number of esters is 1. The largest absolute Gasteiger partial charge is 0.522 e. The summed E-state index contributed by atoms with van der Waals surface area (Å²) in [5.74, 6) is -0.436. The molecule has 0 N–H and O–H groups in total. The molecule has 0 spiro atoms. The van der Waals surface area contributed by atoms with Crippen LogP contribution >= 0.6 is 0 Å². The van der Waals surface area contributed by atoms with Gasteiger partial charge in [0.25, 0.3) is 0 Å². The van der Waals surface area contributed by atoms with Crippen LogP contribution < -0.4 is 0 Å². The van der Waals surface area contributed by atoms with Gasteiger partial charge in [0.2, 0.25) is 0 Å². The van der Waals surface area contributed by atoms with E-state index in [1.54, 1.807) is 4.90 Å². The zero-order valence-electron chi connectivity index (χ0n) is 10.3. The zero-order chi connectivity index (χ0) is 13.6. The Morgan fingerprint density at radius 1 is 1.33 bits per heavy atom. The predicted octanol–water partition coefficient (Wildman–Crippen LogP) is 1.94. The van der Waals surface area contributed by atoms with Crippen molar-refractivity contribution in [3.63, 3.8) is 0 Å². The number of nitrogens with zero attached hydrogens (tertiary/aromatic N) is 1. The van der Waals surface area contributed by atoms with Crippen molar-refractivity contribution < 1.29 is 27.4 Å². The van der Waals surface area contributed by atoms with Crippen LogP contribution in [0.5, 0.6) is 0 Å². The molecule has 0 aromatic rings. The smallest absolute Gasteiger partial charge is 0.468 e. The van der Waals surface area contributed by atoms with Crippen LogP contribution in [-0.2, 0) is 14.3 Å². The maximum Gasteiger partial charge on any atom is 0.522 e. The van der Waals surface area contributed by atoms with E-state index in [9.17, 15) is 18.0 Å². The molecule has 0 unspecified atom stereocenters. The molecular weight excluding hydrogens is 251 g/mol. The minimum atomic E-state index is -4.62. The summed E-state index contributed by atoms with van der Waals surface area (Å²) in [7, 11) is 1.27. The van der Waals surface area contributed by atoms with Gasteiger partial charge >= 0.3 is 12.3 Å². The second-order valence-corrected chi connectivity index (χ2v) is 4.28. The van der Waals surface area contributed by atoms with Crippen LogP contribution in [0.1, 0.15) is 25.7 Å². The molecule has 0 atom stereocenters. The molecule has 0 aliphatic heterocycles. The van der Waals surface area contributed by atoms with Crippen molar-refractivity contribution in [2.75, 3.05) is 26.8 Å². The minimum Gasteiger partial charge on any atom is -0.468 e. The van der Waals surface area contributed by atoms with Gasteiger partial charge in [0.15, 0.2) is 0 Å². The summed E-state index contributed by atoms with van der Waals surface area (Å²) in [4.78, 5) is 12.9. The maximum atomic E-state index is 11.9. The molecule has 1 aliphatic rings. The van der Waals surface area contributed by atoms with E-state index < -0.39 is 18.9 Å². The van der Waals surface area contributed by atoms with Crippen molar-refractivity contribution in [3.05, 3.63) is 0 Å². The molecular formula is C11H18F3NO3. The number of rotatable bonds is 6. The van der Waals surface area contributed by atoms with Crippen molar-refractivity contribution in [1.29, 1.82) is 0 Å². The van der Waals surface area contributed by atoms with Crippen LogP contribution in [0.25, 0.3) is 0 Å². The Kier molecular flexibility index (Phi) is 5.87. The monoisotopic (exact) mass is 269 g/mol. The first-order valence-corrected chi connectivity index (χ1v) is 5.94. The van der Waals surface area contributed by atoms with E-state index in [4.69, 9.17) is 0 Å². The van der Waals surface area contributed by atoms with Crippen molar-refractivity contribution in [2.24, 2.45) is 0 Å². The molecule has 106 valence electrons. The predicted molar refractivity (Wildman–Crippen MR) is 57.9 cm³/mol. The van der Waals surface area contributed by atoms with Crippen molar-refractivity contribution in [1.82, 2.24) is 4.90 Å².